The highest BCUT2D eigenvalue weighted by atomic mass is 16.5. The van der Waals surface area contributed by atoms with E-state index >= 15 is 0 Å². The molecular formula is C12H17N3O3. The standard InChI is InChI=1S/C12H17N3O3/c1-3-9-7-18-8(2)6-15(9)12(17)10-4-5-11(16)14-13-10/h4-5,8-9H,3,6-7H2,1-2H3,(H,14,16). The van der Waals surface area contributed by atoms with Crippen LogP contribution in [0.15, 0.2) is 16.9 Å². The van der Waals surface area contributed by atoms with Crippen LogP contribution in [0.3, 0.4) is 0 Å². The first-order valence-corrected chi connectivity index (χ1v) is 6.10. The van der Waals surface area contributed by atoms with Crippen LogP contribution in [0.25, 0.3) is 0 Å². The molecule has 1 fully saturated rings. The number of hydrogen-bond acceptors (Lipinski definition) is 4. The zero-order valence-corrected chi connectivity index (χ0v) is 10.5. The Morgan fingerprint density at radius 1 is 1.61 bits per heavy atom. The van der Waals surface area contributed by atoms with Gasteiger partial charge < -0.3 is 9.64 Å². The van der Waals surface area contributed by atoms with Crippen molar-refractivity contribution in [2.45, 2.75) is 32.4 Å². The number of hydrogen-bond donors (Lipinski definition) is 1. The fourth-order valence-electron chi connectivity index (χ4n) is 2.04. The predicted octanol–water partition coefficient (Wildman–Crippen LogP) is 0.409. The number of carbonyl (C=O) groups excluding carboxylic acids is 1. The molecule has 98 valence electrons. The molecule has 6 nitrogen and oxygen atoms in total. The van der Waals surface area contributed by atoms with E-state index in [0.29, 0.717) is 13.2 Å². The van der Waals surface area contributed by atoms with Crippen molar-refractivity contribution in [1.82, 2.24) is 15.1 Å². The first-order valence-electron chi connectivity index (χ1n) is 6.10. The van der Waals surface area contributed by atoms with Gasteiger partial charge in [-0.2, -0.15) is 5.10 Å². The third-order valence-corrected chi connectivity index (χ3v) is 3.10. The van der Waals surface area contributed by atoms with Crippen LogP contribution >= 0.6 is 0 Å². The van der Waals surface area contributed by atoms with E-state index in [4.69, 9.17) is 4.74 Å². The summed E-state index contributed by atoms with van der Waals surface area (Å²) in [6.07, 6.45) is 0.862. The topological polar surface area (TPSA) is 75.3 Å². The third kappa shape index (κ3) is 2.59. The number of amides is 1. The number of aromatic amines is 1. The molecular weight excluding hydrogens is 234 g/mol. The number of H-pyrrole nitrogens is 1. The monoisotopic (exact) mass is 251 g/mol. The Balaban J connectivity index is 2.20. The van der Waals surface area contributed by atoms with E-state index in [9.17, 15) is 9.59 Å². The molecule has 0 radical (unpaired) electrons. The van der Waals surface area contributed by atoms with E-state index in [-0.39, 0.29) is 29.3 Å². The van der Waals surface area contributed by atoms with Gasteiger partial charge in [-0.15, -0.1) is 0 Å². The minimum Gasteiger partial charge on any atom is -0.375 e. The molecule has 1 aromatic rings. The van der Waals surface area contributed by atoms with E-state index in [1.165, 1.54) is 12.1 Å². The SMILES string of the molecule is CCC1COC(C)CN1C(=O)c1ccc(=O)[nH]n1. The normalized spacial score (nSPS) is 24.0. The van der Waals surface area contributed by atoms with Crippen LogP contribution in [0.4, 0.5) is 0 Å². The fraction of sp³-hybridized carbons (Fsp3) is 0.583. The second-order valence-corrected chi connectivity index (χ2v) is 4.47. The van der Waals surface area contributed by atoms with Gasteiger partial charge in [-0.3, -0.25) is 9.59 Å². The van der Waals surface area contributed by atoms with Crippen molar-refractivity contribution in [3.8, 4) is 0 Å². The average Bonchev–Trinajstić information content (AvgIpc) is 2.39. The van der Waals surface area contributed by atoms with E-state index in [1.54, 1.807) is 4.90 Å². The van der Waals surface area contributed by atoms with Crippen LogP contribution in [-0.2, 0) is 4.74 Å². The van der Waals surface area contributed by atoms with Crippen molar-refractivity contribution in [3.05, 3.63) is 28.2 Å². The largest absolute Gasteiger partial charge is 0.375 e. The van der Waals surface area contributed by atoms with Gasteiger partial charge in [-0.25, -0.2) is 5.10 Å². The molecule has 0 bridgehead atoms. The molecule has 1 saturated heterocycles. The van der Waals surface area contributed by atoms with Gasteiger partial charge in [-0.1, -0.05) is 6.92 Å². The molecule has 0 saturated carbocycles. The van der Waals surface area contributed by atoms with E-state index in [0.717, 1.165) is 6.42 Å². The molecule has 1 N–H and O–H groups in total. The Kier molecular flexibility index (Phi) is 3.76. The zero-order valence-electron chi connectivity index (χ0n) is 10.5. The van der Waals surface area contributed by atoms with E-state index in [1.807, 2.05) is 13.8 Å². The minimum atomic E-state index is -0.311. The Morgan fingerprint density at radius 2 is 2.39 bits per heavy atom. The zero-order chi connectivity index (χ0) is 13.1. The molecule has 2 rings (SSSR count). The second-order valence-electron chi connectivity index (χ2n) is 4.47. The lowest BCUT2D eigenvalue weighted by Gasteiger charge is -2.38. The molecule has 0 aromatic carbocycles. The van der Waals surface area contributed by atoms with Crippen molar-refractivity contribution in [3.63, 3.8) is 0 Å². The Labute approximate surface area is 105 Å². The van der Waals surface area contributed by atoms with Gasteiger partial charge in [-0.05, 0) is 19.4 Å². The number of aromatic nitrogens is 2. The third-order valence-electron chi connectivity index (χ3n) is 3.10. The number of nitrogens with one attached hydrogen (secondary N) is 1. The summed E-state index contributed by atoms with van der Waals surface area (Å²) in [5.41, 5.74) is -0.0453. The summed E-state index contributed by atoms with van der Waals surface area (Å²) >= 11 is 0. The molecule has 0 aliphatic carbocycles. The van der Waals surface area contributed by atoms with Crippen molar-refractivity contribution >= 4 is 5.91 Å². The molecule has 1 aromatic heterocycles. The maximum absolute atomic E-state index is 12.3. The van der Waals surface area contributed by atoms with Gasteiger partial charge in [0.05, 0.1) is 18.8 Å². The Hall–Kier alpha value is -1.69. The summed E-state index contributed by atoms with van der Waals surface area (Å²) in [7, 11) is 0. The Bertz CT molecular complexity index is 465. The Morgan fingerprint density at radius 3 is 3.00 bits per heavy atom. The van der Waals surface area contributed by atoms with E-state index in [2.05, 4.69) is 10.2 Å². The summed E-state index contributed by atoms with van der Waals surface area (Å²) in [5.74, 6) is -0.159. The molecule has 0 spiro atoms. The van der Waals surface area contributed by atoms with Crippen LogP contribution in [0.5, 0.6) is 0 Å². The van der Waals surface area contributed by atoms with Gasteiger partial charge in [0.2, 0.25) is 0 Å². The molecule has 18 heavy (non-hydrogen) atoms. The minimum absolute atomic E-state index is 0.0273. The lowest BCUT2D eigenvalue weighted by atomic mass is 10.1. The average molecular weight is 251 g/mol. The number of carbonyl (C=O) groups is 1. The molecule has 2 atom stereocenters. The molecule has 2 heterocycles. The highest BCUT2D eigenvalue weighted by molar-refractivity contribution is 5.92. The van der Waals surface area contributed by atoms with Crippen LogP contribution in [0, 0.1) is 0 Å². The van der Waals surface area contributed by atoms with Crippen molar-refractivity contribution in [1.29, 1.82) is 0 Å². The second kappa shape index (κ2) is 5.30. The molecule has 1 aliphatic rings. The molecule has 1 amide bonds. The quantitative estimate of drug-likeness (QED) is 0.826. The molecule has 2 unspecified atom stereocenters. The van der Waals surface area contributed by atoms with E-state index < -0.39 is 0 Å². The van der Waals surface area contributed by atoms with Gasteiger partial charge in [0, 0.05) is 12.6 Å². The summed E-state index contributed by atoms with van der Waals surface area (Å²) in [5, 5.41) is 6.06. The summed E-state index contributed by atoms with van der Waals surface area (Å²) < 4.78 is 5.54. The maximum atomic E-state index is 12.3. The molecule has 6 heteroatoms. The predicted molar refractivity (Wildman–Crippen MR) is 65.4 cm³/mol. The summed E-state index contributed by atoms with van der Waals surface area (Å²) in [6, 6.07) is 2.83. The molecule has 1 aliphatic heterocycles. The summed E-state index contributed by atoms with van der Waals surface area (Å²) in [6.45, 7) is 5.06. The first-order chi connectivity index (χ1) is 8.61. The highest BCUT2D eigenvalue weighted by Crippen LogP contribution is 2.16. The van der Waals surface area contributed by atoms with Gasteiger partial charge in [0.15, 0.2) is 0 Å². The lowest BCUT2D eigenvalue weighted by molar-refractivity contribution is -0.0446. The van der Waals surface area contributed by atoms with Crippen LogP contribution < -0.4 is 5.56 Å². The number of nitrogens with zero attached hydrogens (tertiary/aromatic N) is 2. The van der Waals surface area contributed by atoms with Gasteiger partial charge >= 0.3 is 0 Å². The van der Waals surface area contributed by atoms with Crippen molar-refractivity contribution in [2.75, 3.05) is 13.2 Å². The van der Waals surface area contributed by atoms with Crippen LogP contribution in [0.1, 0.15) is 30.8 Å². The van der Waals surface area contributed by atoms with Crippen LogP contribution in [-0.4, -0.2) is 46.3 Å². The van der Waals surface area contributed by atoms with Crippen molar-refractivity contribution < 1.29 is 9.53 Å². The highest BCUT2D eigenvalue weighted by Gasteiger charge is 2.30. The van der Waals surface area contributed by atoms with Crippen LogP contribution in [0.2, 0.25) is 0 Å². The lowest BCUT2D eigenvalue weighted by Crippen LogP contribution is -2.51. The number of rotatable bonds is 2. The smallest absolute Gasteiger partial charge is 0.274 e. The maximum Gasteiger partial charge on any atom is 0.274 e. The summed E-state index contributed by atoms with van der Waals surface area (Å²) in [4.78, 5) is 25.0. The fourth-order valence-corrected chi connectivity index (χ4v) is 2.04. The first kappa shape index (κ1) is 12.8. The van der Waals surface area contributed by atoms with Crippen molar-refractivity contribution in [2.24, 2.45) is 0 Å². The number of morpholine rings is 1. The number of ether oxygens (including phenoxy) is 1. The van der Waals surface area contributed by atoms with Gasteiger partial charge in [0.25, 0.3) is 11.5 Å². The van der Waals surface area contributed by atoms with Gasteiger partial charge in [0.1, 0.15) is 5.69 Å².